The maximum atomic E-state index is 12.6. The van der Waals surface area contributed by atoms with Crippen molar-refractivity contribution in [3.63, 3.8) is 0 Å². The van der Waals surface area contributed by atoms with Gasteiger partial charge in [-0.05, 0) is 42.8 Å². The second kappa shape index (κ2) is 6.33. The van der Waals surface area contributed by atoms with Crippen molar-refractivity contribution in [1.82, 2.24) is 9.97 Å². The average molecular weight is 356 g/mol. The average Bonchev–Trinajstić information content (AvgIpc) is 3.26. The summed E-state index contributed by atoms with van der Waals surface area (Å²) < 4.78 is 16.9. The zero-order chi connectivity index (χ0) is 16.4. The molecule has 1 aromatic carbocycles. The van der Waals surface area contributed by atoms with Crippen molar-refractivity contribution in [2.24, 2.45) is 4.36 Å². The largest absolute Gasteiger partial charge is 0.332 e. The molecule has 0 amide bonds. The van der Waals surface area contributed by atoms with Gasteiger partial charge in [0.05, 0.1) is 15.4 Å². The summed E-state index contributed by atoms with van der Waals surface area (Å²) >= 11 is 1.55. The molecule has 4 rings (SSSR count). The predicted molar refractivity (Wildman–Crippen MR) is 98.3 cm³/mol. The van der Waals surface area contributed by atoms with E-state index in [1.165, 1.54) is 0 Å². The van der Waals surface area contributed by atoms with Gasteiger partial charge in [-0.15, -0.1) is 11.3 Å². The van der Waals surface area contributed by atoms with Crippen molar-refractivity contribution in [3.05, 3.63) is 54.2 Å². The van der Waals surface area contributed by atoms with Crippen molar-refractivity contribution in [2.75, 3.05) is 17.6 Å². The molecule has 0 fully saturated rings. The van der Waals surface area contributed by atoms with Gasteiger partial charge >= 0.3 is 0 Å². The van der Waals surface area contributed by atoms with Gasteiger partial charge in [0.15, 0.2) is 5.13 Å². The zero-order valence-corrected chi connectivity index (χ0v) is 14.5. The highest BCUT2D eigenvalue weighted by Gasteiger charge is 2.16. The summed E-state index contributed by atoms with van der Waals surface area (Å²) in [5.41, 5.74) is 2.90. The van der Waals surface area contributed by atoms with Crippen LogP contribution in [0.25, 0.3) is 11.3 Å². The molecule has 0 aliphatic carbocycles. The topological polar surface area (TPSA) is 67.2 Å². The SMILES string of the molecule is O=S1(c2ccc(Nc3nc(-c4ccncc4)cs3)cc2)=NCCC1. The van der Waals surface area contributed by atoms with Crippen molar-refractivity contribution < 1.29 is 4.21 Å². The smallest absolute Gasteiger partial charge is 0.187 e. The van der Waals surface area contributed by atoms with E-state index >= 15 is 0 Å². The molecular formula is C17H16N4OS2. The molecule has 0 spiro atoms. The summed E-state index contributed by atoms with van der Waals surface area (Å²) in [6.45, 7) is 0.704. The monoisotopic (exact) mass is 356 g/mol. The van der Waals surface area contributed by atoms with Gasteiger partial charge in [-0.1, -0.05) is 0 Å². The number of aromatic nitrogens is 2. The first-order valence-corrected chi connectivity index (χ1v) is 10.2. The number of hydrogen-bond donors (Lipinski definition) is 1. The van der Waals surface area contributed by atoms with E-state index in [9.17, 15) is 4.21 Å². The molecule has 1 aliphatic heterocycles. The van der Waals surface area contributed by atoms with Crippen molar-refractivity contribution in [2.45, 2.75) is 11.3 Å². The summed E-state index contributed by atoms with van der Waals surface area (Å²) in [6.07, 6.45) is 4.43. The third-order valence-electron chi connectivity index (χ3n) is 3.83. The Hall–Kier alpha value is -2.25. The molecule has 0 radical (unpaired) electrons. The Kier molecular flexibility index (Phi) is 4.03. The first kappa shape index (κ1) is 15.3. The summed E-state index contributed by atoms with van der Waals surface area (Å²) in [4.78, 5) is 9.44. The molecule has 24 heavy (non-hydrogen) atoms. The van der Waals surface area contributed by atoms with Gasteiger partial charge in [0, 0.05) is 46.2 Å². The second-order valence-electron chi connectivity index (χ2n) is 5.47. The molecule has 0 saturated heterocycles. The van der Waals surface area contributed by atoms with E-state index < -0.39 is 9.73 Å². The molecule has 0 bridgehead atoms. The van der Waals surface area contributed by atoms with Gasteiger partial charge in [-0.25, -0.2) is 13.6 Å². The lowest BCUT2D eigenvalue weighted by atomic mass is 10.2. The number of rotatable bonds is 4. The standard InChI is InChI=1S/C17H16N4OS2/c22-24(11-1-8-19-24)15-4-2-14(3-5-15)20-17-21-16(12-23-17)13-6-9-18-10-7-13/h2-7,9-10,12H,1,8,11H2,(H,20,21). The number of nitrogens with zero attached hydrogens (tertiary/aromatic N) is 3. The first-order valence-electron chi connectivity index (χ1n) is 7.67. The van der Waals surface area contributed by atoms with Crippen molar-refractivity contribution in [3.8, 4) is 11.3 Å². The van der Waals surface area contributed by atoms with Gasteiger partial charge in [0.25, 0.3) is 0 Å². The lowest BCUT2D eigenvalue weighted by molar-refractivity contribution is 0.679. The second-order valence-corrected chi connectivity index (χ2v) is 8.75. The Bertz CT molecular complexity index is 958. The number of benzene rings is 1. The Morgan fingerprint density at radius 2 is 1.88 bits per heavy atom. The van der Waals surface area contributed by atoms with Crippen LogP contribution in [-0.4, -0.2) is 26.5 Å². The highest BCUT2D eigenvalue weighted by atomic mass is 32.2. The Balaban J connectivity index is 1.52. The summed E-state index contributed by atoms with van der Waals surface area (Å²) in [6, 6.07) is 11.5. The highest BCUT2D eigenvalue weighted by molar-refractivity contribution is 7.93. The first-order chi connectivity index (χ1) is 11.7. The fourth-order valence-electron chi connectivity index (χ4n) is 2.59. The van der Waals surface area contributed by atoms with Crippen LogP contribution in [0.3, 0.4) is 0 Å². The minimum atomic E-state index is -2.18. The van der Waals surface area contributed by atoms with Crippen LogP contribution in [0.1, 0.15) is 6.42 Å². The van der Waals surface area contributed by atoms with Crippen molar-refractivity contribution in [1.29, 1.82) is 0 Å². The number of anilines is 2. The molecule has 1 unspecified atom stereocenters. The van der Waals surface area contributed by atoms with Gasteiger partial charge in [-0.2, -0.15) is 0 Å². The summed E-state index contributed by atoms with van der Waals surface area (Å²) in [5.74, 6) is 0.668. The number of thiazole rings is 1. The molecule has 5 nitrogen and oxygen atoms in total. The van der Waals surface area contributed by atoms with E-state index in [1.807, 2.05) is 41.8 Å². The van der Waals surface area contributed by atoms with E-state index in [1.54, 1.807) is 23.7 Å². The van der Waals surface area contributed by atoms with Crippen LogP contribution in [0.4, 0.5) is 10.8 Å². The van der Waals surface area contributed by atoms with Crippen LogP contribution >= 0.6 is 11.3 Å². The molecular weight excluding hydrogens is 340 g/mol. The van der Waals surface area contributed by atoms with Gasteiger partial charge < -0.3 is 5.32 Å². The van der Waals surface area contributed by atoms with E-state index in [-0.39, 0.29) is 0 Å². The van der Waals surface area contributed by atoms with E-state index in [2.05, 4.69) is 19.6 Å². The van der Waals surface area contributed by atoms with Crippen molar-refractivity contribution >= 4 is 31.9 Å². The summed E-state index contributed by atoms with van der Waals surface area (Å²) in [5, 5.41) is 6.13. The predicted octanol–water partition coefficient (Wildman–Crippen LogP) is 4.18. The number of hydrogen-bond acceptors (Lipinski definition) is 6. The van der Waals surface area contributed by atoms with Crippen LogP contribution in [0, 0.1) is 0 Å². The minimum Gasteiger partial charge on any atom is -0.332 e. The van der Waals surface area contributed by atoms with E-state index in [0.717, 1.165) is 33.4 Å². The molecule has 3 aromatic rings. The Labute approximate surface area is 145 Å². The molecule has 0 saturated carbocycles. The number of pyridine rings is 1. The molecule has 3 heterocycles. The molecule has 1 N–H and O–H groups in total. The lowest BCUT2D eigenvalue weighted by Crippen LogP contribution is -2.01. The molecule has 2 aromatic heterocycles. The molecule has 7 heteroatoms. The Morgan fingerprint density at radius 1 is 1.08 bits per heavy atom. The fourth-order valence-corrected chi connectivity index (χ4v) is 5.35. The minimum absolute atomic E-state index is 0.668. The molecule has 122 valence electrons. The van der Waals surface area contributed by atoms with Crippen LogP contribution < -0.4 is 5.32 Å². The highest BCUT2D eigenvalue weighted by Crippen LogP contribution is 2.28. The maximum absolute atomic E-state index is 12.6. The van der Waals surface area contributed by atoms with E-state index in [4.69, 9.17) is 0 Å². The normalized spacial score (nSPS) is 19.8. The number of nitrogens with one attached hydrogen (secondary N) is 1. The van der Waals surface area contributed by atoms with Gasteiger partial charge in [-0.3, -0.25) is 4.98 Å². The quantitative estimate of drug-likeness (QED) is 0.761. The van der Waals surface area contributed by atoms with Crippen LogP contribution in [0.15, 0.2) is 63.4 Å². The third-order valence-corrected chi connectivity index (χ3v) is 7.04. The molecule has 1 atom stereocenters. The van der Waals surface area contributed by atoms with Gasteiger partial charge in [0.2, 0.25) is 0 Å². The Morgan fingerprint density at radius 3 is 2.58 bits per heavy atom. The van der Waals surface area contributed by atoms with Crippen LogP contribution in [0.5, 0.6) is 0 Å². The molecule has 1 aliphatic rings. The summed E-state index contributed by atoms with van der Waals surface area (Å²) in [7, 11) is -2.18. The third kappa shape index (κ3) is 3.05. The van der Waals surface area contributed by atoms with E-state index in [0.29, 0.717) is 12.3 Å². The van der Waals surface area contributed by atoms with Crippen LogP contribution in [0.2, 0.25) is 0 Å². The van der Waals surface area contributed by atoms with Crippen LogP contribution in [-0.2, 0) is 9.73 Å². The van der Waals surface area contributed by atoms with Gasteiger partial charge in [0.1, 0.15) is 0 Å². The zero-order valence-electron chi connectivity index (χ0n) is 12.9. The maximum Gasteiger partial charge on any atom is 0.187 e. The fraction of sp³-hybridized carbons (Fsp3) is 0.176. The lowest BCUT2D eigenvalue weighted by Gasteiger charge is -2.06.